The summed E-state index contributed by atoms with van der Waals surface area (Å²) in [4.78, 5) is 0. The molecule has 4 heteroatoms. The van der Waals surface area contributed by atoms with Gasteiger partial charge in [-0.15, -0.1) is 0 Å². The van der Waals surface area contributed by atoms with E-state index in [0.717, 1.165) is 20.1 Å². The highest BCUT2D eigenvalue weighted by molar-refractivity contribution is 9.28. The molecule has 0 heterocycles. The van der Waals surface area contributed by atoms with Crippen LogP contribution in [0.2, 0.25) is 0 Å². The van der Waals surface area contributed by atoms with Gasteiger partial charge in [-0.2, -0.15) is 0 Å². The second-order valence-electron chi connectivity index (χ2n) is 3.73. The van der Waals surface area contributed by atoms with E-state index in [4.69, 9.17) is 0 Å². The second kappa shape index (κ2) is 5.59. The summed E-state index contributed by atoms with van der Waals surface area (Å²) in [5, 5.41) is 18.6. The van der Waals surface area contributed by atoms with Crippen LogP contribution in [0.1, 0.15) is 11.1 Å². The van der Waals surface area contributed by atoms with Crippen molar-refractivity contribution in [2.75, 3.05) is 0 Å². The molecule has 0 spiro atoms. The monoisotopic (exact) mass is 368 g/mol. The third-order valence-electron chi connectivity index (χ3n) is 2.50. The van der Waals surface area contributed by atoms with E-state index >= 15 is 0 Å². The molecule has 0 aliphatic rings. The van der Waals surface area contributed by atoms with Crippen LogP contribution in [0.4, 0.5) is 0 Å². The molecule has 0 amide bonds. The number of rotatable bonds is 2. The predicted molar refractivity (Wildman–Crippen MR) is 80.1 cm³/mol. The predicted octanol–water partition coefficient (Wildman–Crippen LogP) is 4.60. The Morgan fingerprint density at radius 2 is 1.00 bits per heavy atom. The van der Waals surface area contributed by atoms with Crippen LogP contribution in [0.3, 0.4) is 0 Å². The van der Waals surface area contributed by atoms with Crippen molar-refractivity contribution in [3.8, 4) is 11.5 Å². The summed E-state index contributed by atoms with van der Waals surface area (Å²) in [7, 11) is 0. The van der Waals surface area contributed by atoms with E-state index in [1.807, 2.05) is 24.3 Å². The zero-order valence-electron chi connectivity index (χ0n) is 9.27. The quantitative estimate of drug-likeness (QED) is 0.811. The van der Waals surface area contributed by atoms with Gasteiger partial charge in [0.05, 0.1) is 3.39 Å². The van der Waals surface area contributed by atoms with Crippen LogP contribution in [-0.4, -0.2) is 10.2 Å². The lowest BCUT2D eigenvalue weighted by Crippen LogP contribution is -1.88. The summed E-state index contributed by atoms with van der Waals surface area (Å²) in [6.45, 7) is 0. The summed E-state index contributed by atoms with van der Waals surface area (Å²) < 4.78 is 0.811. The number of halogens is 2. The molecule has 0 unspecified atom stereocenters. The molecule has 2 aromatic carbocycles. The maximum atomic E-state index is 9.31. The third kappa shape index (κ3) is 2.94. The van der Waals surface area contributed by atoms with Crippen molar-refractivity contribution in [1.82, 2.24) is 0 Å². The first kappa shape index (κ1) is 13.2. The molecule has 0 aliphatic heterocycles. The molecule has 0 saturated heterocycles. The second-order valence-corrected chi connectivity index (χ2v) is 6.38. The molecule has 0 atom stereocenters. The molecule has 0 saturated carbocycles. The maximum Gasteiger partial charge on any atom is 0.115 e. The topological polar surface area (TPSA) is 40.5 Å². The number of aromatic hydroxyl groups is 2. The van der Waals surface area contributed by atoms with Gasteiger partial charge < -0.3 is 10.2 Å². The Morgan fingerprint density at radius 3 is 1.28 bits per heavy atom. The summed E-state index contributed by atoms with van der Waals surface area (Å²) in [5.41, 5.74) is 2.87. The minimum atomic E-state index is 0.231. The average Bonchev–Trinajstić information content (AvgIpc) is 2.34. The lowest BCUT2D eigenvalue weighted by atomic mass is 9.99. The number of benzene rings is 2. The molecule has 0 aliphatic carbocycles. The Labute approximate surface area is 122 Å². The van der Waals surface area contributed by atoms with Crippen LogP contribution in [0, 0.1) is 0 Å². The van der Waals surface area contributed by atoms with Crippen LogP contribution >= 0.6 is 31.9 Å². The number of hydrogen-bond acceptors (Lipinski definition) is 2. The molecular weight excluding hydrogens is 360 g/mol. The summed E-state index contributed by atoms with van der Waals surface area (Å²) in [5.74, 6) is 0.462. The average molecular weight is 370 g/mol. The lowest BCUT2D eigenvalue weighted by molar-refractivity contribution is 0.475. The Bertz CT molecular complexity index is 520. The van der Waals surface area contributed by atoms with Gasteiger partial charge in [0.2, 0.25) is 0 Å². The minimum absolute atomic E-state index is 0.231. The van der Waals surface area contributed by atoms with Crippen LogP contribution in [0.5, 0.6) is 11.5 Å². The zero-order chi connectivity index (χ0) is 13.1. The first-order valence-electron chi connectivity index (χ1n) is 5.22. The SMILES string of the molecule is Oc1ccc(C(=C(Br)Br)c2ccc(O)cc2)cc1. The summed E-state index contributed by atoms with van der Waals surface area (Å²) in [6.07, 6.45) is 0. The molecule has 2 rings (SSSR count). The van der Waals surface area contributed by atoms with Crippen molar-refractivity contribution in [3.05, 3.63) is 63.0 Å². The van der Waals surface area contributed by atoms with Gasteiger partial charge in [0.1, 0.15) is 11.5 Å². The summed E-state index contributed by atoms with van der Waals surface area (Å²) in [6, 6.07) is 13.9. The van der Waals surface area contributed by atoms with E-state index < -0.39 is 0 Å². The third-order valence-corrected chi connectivity index (χ3v) is 3.29. The van der Waals surface area contributed by atoms with Gasteiger partial charge in [-0.25, -0.2) is 0 Å². The van der Waals surface area contributed by atoms with Gasteiger partial charge in [-0.3, -0.25) is 0 Å². The van der Waals surface area contributed by atoms with E-state index in [-0.39, 0.29) is 11.5 Å². The minimum Gasteiger partial charge on any atom is -0.508 e. The maximum absolute atomic E-state index is 9.31. The smallest absolute Gasteiger partial charge is 0.115 e. The molecule has 18 heavy (non-hydrogen) atoms. The molecular formula is C14H10Br2O2. The Morgan fingerprint density at radius 1 is 0.667 bits per heavy atom. The van der Waals surface area contributed by atoms with Crippen LogP contribution in [-0.2, 0) is 0 Å². The van der Waals surface area contributed by atoms with E-state index in [0.29, 0.717) is 0 Å². The van der Waals surface area contributed by atoms with Crippen molar-refractivity contribution in [2.24, 2.45) is 0 Å². The highest BCUT2D eigenvalue weighted by atomic mass is 79.9. The van der Waals surface area contributed by atoms with Gasteiger partial charge in [0, 0.05) is 5.57 Å². The van der Waals surface area contributed by atoms with Gasteiger partial charge in [0.15, 0.2) is 0 Å². The highest BCUT2D eigenvalue weighted by Gasteiger charge is 2.09. The lowest BCUT2D eigenvalue weighted by Gasteiger charge is -2.09. The molecule has 92 valence electrons. The van der Waals surface area contributed by atoms with Crippen LogP contribution < -0.4 is 0 Å². The van der Waals surface area contributed by atoms with E-state index in [2.05, 4.69) is 31.9 Å². The molecule has 0 radical (unpaired) electrons. The number of hydrogen-bond donors (Lipinski definition) is 2. The van der Waals surface area contributed by atoms with Gasteiger partial charge >= 0.3 is 0 Å². The fraction of sp³-hybridized carbons (Fsp3) is 0. The van der Waals surface area contributed by atoms with Gasteiger partial charge in [0.25, 0.3) is 0 Å². The molecule has 2 nitrogen and oxygen atoms in total. The van der Waals surface area contributed by atoms with Crippen molar-refractivity contribution >= 4 is 37.4 Å². The van der Waals surface area contributed by atoms with E-state index in [1.54, 1.807) is 24.3 Å². The molecule has 2 aromatic rings. The summed E-state index contributed by atoms with van der Waals surface area (Å²) >= 11 is 6.85. The first-order valence-corrected chi connectivity index (χ1v) is 6.80. The highest BCUT2D eigenvalue weighted by Crippen LogP contribution is 2.34. The van der Waals surface area contributed by atoms with E-state index in [1.165, 1.54) is 0 Å². The zero-order valence-corrected chi connectivity index (χ0v) is 12.4. The molecule has 0 fully saturated rings. The van der Waals surface area contributed by atoms with Gasteiger partial charge in [-0.05, 0) is 67.3 Å². The number of phenols is 2. The molecule has 0 aromatic heterocycles. The Hall–Kier alpha value is -1.26. The van der Waals surface area contributed by atoms with Gasteiger partial charge in [-0.1, -0.05) is 24.3 Å². The van der Waals surface area contributed by atoms with Crippen LogP contribution in [0.15, 0.2) is 51.9 Å². The standard InChI is InChI=1S/C14H10Br2O2/c15-14(16)13(9-1-5-11(17)6-2-9)10-3-7-12(18)8-4-10/h1-8,17-18H. The van der Waals surface area contributed by atoms with Crippen molar-refractivity contribution in [3.63, 3.8) is 0 Å². The largest absolute Gasteiger partial charge is 0.508 e. The molecule has 0 bridgehead atoms. The van der Waals surface area contributed by atoms with Crippen molar-refractivity contribution in [1.29, 1.82) is 0 Å². The Kier molecular flexibility index (Phi) is 4.09. The van der Waals surface area contributed by atoms with E-state index in [9.17, 15) is 10.2 Å². The van der Waals surface area contributed by atoms with Crippen LogP contribution in [0.25, 0.3) is 5.57 Å². The fourth-order valence-electron chi connectivity index (χ4n) is 1.64. The fourth-order valence-corrected chi connectivity index (χ4v) is 2.56. The first-order chi connectivity index (χ1) is 8.58. The molecule has 2 N–H and O–H groups in total. The van der Waals surface area contributed by atoms with Crippen molar-refractivity contribution in [2.45, 2.75) is 0 Å². The number of phenolic OH excluding ortho intramolecular Hbond substituents is 2. The van der Waals surface area contributed by atoms with Crippen molar-refractivity contribution < 1.29 is 10.2 Å². The normalized spacial score (nSPS) is 10.1. The Balaban J connectivity index is 2.51.